The lowest BCUT2D eigenvalue weighted by atomic mass is 9.74. The molecule has 3 rings (SSSR count). The maximum absolute atomic E-state index is 12.2. The van der Waals surface area contributed by atoms with Gasteiger partial charge in [0.1, 0.15) is 0 Å². The van der Waals surface area contributed by atoms with Crippen molar-refractivity contribution in [1.29, 1.82) is 0 Å². The number of nitrogens with one attached hydrogen (secondary N) is 1. The van der Waals surface area contributed by atoms with E-state index in [4.69, 9.17) is 0 Å². The molecule has 1 aromatic rings. The lowest BCUT2D eigenvalue weighted by Gasteiger charge is -2.43. The molecule has 4 nitrogen and oxygen atoms in total. The number of nitrogens with zero attached hydrogens (tertiary/aromatic N) is 1. The number of aliphatic hydroxyl groups is 1. The second-order valence-corrected chi connectivity index (χ2v) is 7.16. The summed E-state index contributed by atoms with van der Waals surface area (Å²) in [7, 11) is 0. The van der Waals surface area contributed by atoms with Crippen LogP contribution in [0.1, 0.15) is 37.7 Å². The Morgan fingerprint density at radius 2 is 1.91 bits per heavy atom. The molecule has 0 spiro atoms. The number of carbonyl (C=O) groups excluding carboxylic acids is 1. The minimum atomic E-state index is -0.0287. The maximum Gasteiger partial charge on any atom is 0.237 e. The number of piperidine rings is 1. The average molecular weight is 316 g/mol. The quantitative estimate of drug-likeness (QED) is 0.893. The largest absolute Gasteiger partial charge is 0.396 e. The van der Waals surface area contributed by atoms with Gasteiger partial charge in [0.25, 0.3) is 0 Å². The van der Waals surface area contributed by atoms with Crippen LogP contribution in [0.4, 0.5) is 0 Å². The van der Waals surface area contributed by atoms with Gasteiger partial charge in [0.2, 0.25) is 5.91 Å². The standard InChI is InChI=1S/C19H28N2O2/c22-15-19(14-16-6-2-1-3-7-16)9-12-21(13-10-19)17-8-4-5-11-20-18(17)23/h1-3,6-7,17,22H,4-5,8-15H2,(H,20,23). The molecule has 2 aliphatic rings. The van der Waals surface area contributed by atoms with E-state index in [0.29, 0.717) is 0 Å². The van der Waals surface area contributed by atoms with E-state index in [-0.39, 0.29) is 24.0 Å². The third-order valence-electron chi connectivity index (χ3n) is 5.56. The smallest absolute Gasteiger partial charge is 0.237 e. The lowest BCUT2D eigenvalue weighted by Crippen LogP contribution is -2.52. The molecule has 1 unspecified atom stereocenters. The fraction of sp³-hybridized carbons (Fsp3) is 0.632. The van der Waals surface area contributed by atoms with Crippen molar-refractivity contribution in [2.75, 3.05) is 26.2 Å². The van der Waals surface area contributed by atoms with Gasteiger partial charge in [-0.25, -0.2) is 0 Å². The highest BCUT2D eigenvalue weighted by Gasteiger charge is 2.37. The van der Waals surface area contributed by atoms with Crippen LogP contribution in [0.2, 0.25) is 0 Å². The van der Waals surface area contributed by atoms with Gasteiger partial charge in [-0.1, -0.05) is 30.3 Å². The first-order chi connectivity index (χ1) is 11.2. The fourth-order valence-corrected chi connectivity index (χ4v) is 4.00. The van der Waals surface area contributed by atoms with Gasteiger partial charge < -0.3 is 10.4 Å². The number of aliphatic hydroxyl groups excluding tert-OH is 1. The van der Waals surface area contributed by atoms with Crippen molar-refractivity contribution >= 4 is 5.91 Å². The summed E-state index contributed by atoms with van der Waals surface area (Å²) in [5.41, 5.74) is 1.27. The summed E-state index contributed by atoms with van der Waals surface area (Å²) in [4.78, 5) is 14.6. The van der Waals surface area contributed by atoms with Crippen LogP contribution in [0.25, 0.3) is 0 Å². The van der Waals surface area contributed by atoms with E-state index >= 15 is 0 Å². The van der Waals surface area contributed by atoms with E-state index < -0.39 is 0 Å². The number of likely N-dealkylation sites (tertiary alicyclic amines) is 1. The molecule has 0 aliphatic carbocycles. The summed E-state index contributed by atoms with van der Waals surface area (Å²) in [6.45, 7) is 2.86. The average Bonchev–Trinajstić information content (AvgIpc) is 2.81. The first-order valence-electron chi connectivity index (χ1n) is 8.89. The molecule has 2 N–H and O–H groups in total. The third kappa shape index (κ3) is 3.93. The van der Waals surface area contributed by atoms with Crippen molar-refractivity contribution < 1.29 is 9.90 Å². The number of carbonyl (C=O) groups is 1. The minimum absolute atomic E-state index is 0.0287. The van der Waals surface area contributed by atoms with E-state index in [1.54, 1.807) is 0 Å². The molecule has 23 heavy (non-hydrogen) atoms. The van der Waals surface area contributed by atoms with Crippen molar-refractivity contribution in [1.82, 2.24) is 10.2 Å². The summed E-state index contributed by atoms with van der Waals surface area (Å²) in [6, 6.07) is 10.5. The van der Waals surface area contributed by atoms with Gasteiger partial charge in [-0.2, -0.15) is 0 Å². The fourth-order valence-electron chi connectivity index (χ4n) is 4.00. The Kier molecular flexibility index (Phi) is 5.34. The summed E-state index contributed by atoms with van der Waals surface area (Å²) in [5, 5.41) is 13.0. The topological polar surface area (TPSA) is 52.6 Å². The molecule has 2 saturated heterocycles. The highest BCUT2D eigenvalue weighted by Crippen LogP contribution is 2.36. The molecule has 2 fully saturated rings. The van der Waals surface area contributed by atoms with Crippen LogP contribution in [0, 0.1) is 5.41 Å². The van der Waals surface area contributed by atoms with Crippen LogP contribution in [-0.2, 0) is 11.2 Å². The van der Waals surface area contributed by atoms with Crippen LogP contribution in [0.3, 0.4) is 0 Å². The molecule has 1 atom stereocenters. The number of hydrogen-bond donors (Lipinski definition) is 2. The number of benzene rings is 1. The zero-order valence-corrected chi connectivity index (χ0v) is 13.8. The Morgan fingerprint density at radius 3 is 2.61 bits per heavy atom. The molecular formula is C19H28N2O2. The van der Waals surface area contributed by atoms with Crippen LogP contribution >= 0.6 is 0 Å². The molecule has 4 heteroatoms. The van der Waals surface area contributed by atoms with E-state index in [9.17, 15) is 9.90 Å². The van der Waals surface area contributed by atoms with Crippen molar-refractivity contribution in [3.05, 3.63) is 35.9 Å². The van der Waals surface area contributed by atoms with Crippen LogP contribution in [0.5, 0.6) is 0 Å². The Balaban J connectivity index is 1.62. The van der Waals surface area contributed by atoms with E-state index in [2.05, 4.69) is 34.5 Å². The van der Waals surface area contributed by atoms with Gasteiger partial charge in [0, 0.05) is 13.2 Å². The zero-order valence-electron chi connectivity index (χ0n) is 13.8. The first kappa shape index (κ1) is 16.5. The van der Waals surface area contributed by atoms with Crippen LogP contribution < -0.4 is 5.32 Å². The molecule has 0 bridgehead atoms. The SMILES string of the molecule is O=C1NCCCCC1N1CCC(CO)(Cc2ccccc2)CC1. The van der Waals surface area contributed by atoms with Crippen molar-refractivity contribution in [2.24, 2.45) is 5.41 Å². The molecule has 2 aliphatic heterocycles. The first-order valence-corrected chi connectivity index (χ1v) is 8.89. The summed E-state index contributed by atoms with van der Waals surface area (Å²) in [6.07, 6.45) is 6.02. The second kappa shape index (κ2) is 7.45. The number of amides is 1. The highest BCUT2D eigenvalue weighted by molar-refractivity contribution is 5.81. The van der Waals surface area contributed by atoms with Crippen molar-refractivity contribution in [3.63, 3.8) is 0 Å². The minimum Gasteiger partial charge on any atom is -0.396 e. The highest BCUT2D eigenvalue weighted by atomic mass is 16.3. The molecule has 0 aromatic heterocycles. The molecule has 1 aromatic carbocycles. The molecule has 1 amide bonds. The summed E-state index contributed by atoms with van der Waals surface area (Å²) in [5.74, 6) is 0.196. The number of hydrogen-bond acceptors (Lipinski definition) is 3. The van der Waals surface area contributed by atoms with Crippen molar-refractivity contribution in [3.8, 4) is 0 Å². The Hall–Kier alpha value is -1.39. The maximum atomic E-state index is 12.2. The predicted octanol–water partition coefficient (Wildman–Crippen LogP) is 1.97. The molecular weight excluding hydrogens is 288 g/mol. The Morgan fingerprint density at radius 1 is 1.17 bits per heavy atom. The van der Waals surface area contributed by atoms with Crippen LogP contribution in [-0.4, -0.2) is 48.2 Å². The summed E-state index contributed by atoms with van der Waals surface area (Å²) >= 11 is 0. The molecule has 0 saturated carbocycles. The second-order valence-electron chi connectivity index (χ2n) is 7.16. The summed E-state index contributed by atoms with van der Waals surface area (Å²) < 4.78 is 0. The van der Waals surface area contributed by atoms with Gasteiger partial charge >= 0.3 is 0 Å². The van der Waals surface area contributed by atoms with Gasteiger partial charge in [-0.15, -0.1) is 0 Å². The van der Waals surface area contributed by atoms with E-state index in [1.165, 1.54) is 5.56 Å². The van der Waals surface area contributed by atoms with Crippen molar-refractivity contribution in [2.45, 2.75) is 44.6 Å². The number of rotatable bonds is 4. The van der Waals surface area contributed by atoms with Gasteiger partial charge in [-0.3, -0.25) is 9.69 Å². The zero-order chi connectivity index (χ0) is 16.1. The Labute approximate surface area is 138 Å². The predicted molar refractivity (Wildman–Crippen MR) is 91.1 cm³/mol. The normalized spacial score (nSPS) is 25.6. The monoisotopic (exact) mass is 316 g/mol. The third-order valence-corrected chi connectivity index (χ3v) is 5.56. The molecule has 126 valence electrons. The Bertz CT molecular complexity index is 509. The van der Waals surface area contributed by atoms with E-state index in [0.717, 1.165) is 58.2 Å². The molecule has 0 radical (unpaired) electrons. The lowest BCUT2D eigenvalue weighted by molar-refractivity contribution is -0.127. The van der Waals surface area contributed by atoms with Gasteiger partial charge in [0.15, 0.2) is 0 Å². The molecule has 2 heterocycles. The van der Waals surface area contributed by atoms with Gasteiger partial charge in [-0.05, 0) is 62.6 Å². The van der Waals surface area contributed by atoms with Gasteiger partial charge in [0.05, 0.1) is 6.04 Å². The van der Waals surface area contributed by atoms with E-state index in [1.807, 2.05) is 6.07 Å². The van der Waals surface area contributed by atoms with Crippen LogP contribution in [0.15, 0.2) is 30.3 Å².